The van der Waals surface area contributed by atoms with Crippen LogP contribution in [0.1, 0.15) is 0 Å². The van der Waals surface area contributed by atoms with E-state index in [4.69, 9.17) is 10.5 Å². The number of hydrogen-bond acceptors (Lipinski definition) is 4. The van der Waals surface area contributed by atoms with Gasteiger partial charge < -0.3 is 10.5 Å². The number of nitrogens with two attached hydrogens (primary N) is 1. The first kappa shape index (κ1) is 9.85. The molecule has 0 aliphatic carbocycles. The lowest BCUT2D eigenvalue weighted by molar-refractivity contribution is 0.414. The SMILES string of the molecule is Nc1cnc(Oc2cccc(F)c2F)s1. The first-order chi connectivity index (χ1) is 7.16. The molecule has 0 saturated carbocycles. The second kappa shape index (κ2) is 3.82. The molecular weight excluding hydrogens is 222 g/mol. The van der Waals surface area contributed by atoms with Gasteiger partial charge in [0.1, 0.15) is 5.00 Å². The lowest BCUT2D eigenvalue weighted by Crippen LogP contribution is -1.90. The summed E-state index contributed by atoms with van der Waals surface area (Å²) in [6, 6.07) is 3.68. The van der Waals surface area contributed by atoms with Crippen molar-refractivity contribution in [3.63, 3.8) is 0 Å². The van der Waals surface area contributed by atoms with Crippen molar-refractivity contribution >= 4 is 16.3 Å². The molecule has 0 spiro atoms. The van der Waals surface area contributed by atoms with Crippen LogP contribution in [0.25, 0.3) is 0 Å². The van der Waals surface area contributed by atoms with E-state index in [0.717, 1.165) is 17.4 Å². The predicted molar refractivity (Wildman–Crippen MR) is 53.0 cm³/mol. The lowest BCUT2D eigenvalue weighted by atomic mass is 10.3. The smallest absolute Gasteiger partial charge is 0.280 e. The summed E-state index contributed by atoms with van der Waals surface area (Å²) >= 11 is 1.05. The average molecular weight is 228 g/mol. The number of aromatic nitrogens is 1. The van der Waals surface area contributed by atoms with Gasteiger partial charge in [-0.2, -0.15) is 4.39 Å². The van der Waals surface area contributed by atoms with E-state index in [1.54, 1.807) is 0 Å². The summed E-state index contributed by atoms with van der Waals surface area (Å²) in [5.74, 6) is -2.20. The van der Waals surface area contributed by atoms with Gasteiger partial charge in [-0.05, 0) is 12.1 Å². The van der Waals surface area contributed by atoms with Crippen molar-refractivity contribution in [2.75, 3.05) is 5.73 Å². The highest BCUT2D eigenvalue weighted by atomic mass is 32.1. The van der Waals surface area contributed by atoms with Crippen molar-refractivity contribution in [2.24, 2.45) is 0 Å². The van der Waals surface area contributed by atoms with Gasteiger partial charge in [0.05, 0.1) is 6.20 Å². The molecule has 0 bridgehead atoms. The van der Waals surface area contributed by atoms with Gasteiger partial charge in [0.2, 0.25) is 5.82 Å². The zero-order chi connectivity index (χ0) is 10.8. The normalized spacial score (nSPS) is 10.3. The van der Waals surface area contributed by atoms with E-state index in [2.05, 4.69) is 4.98 Å². The van der Waals surface area contributed by atoms with E-state index in [-0.39, 0.29) is 10.9 Å². The summed E-state index contributed by atoms with van der Waals surface area (Å²) in [6.07, 6.45) is 1.39. The zero-order valence-electron chi connectivity index (χ0n) is 7.41. The largest absolute Gasteiger partial charge is 0.428 e. The van der Waals surface area contributed by atoms with E-state index in [1.807, 2.05) is 0 Å². The zero-order valence-corrected chi connectivity index (χ0v) is 8.22. The number of rotatable bonds is 2. The first-order valence-corrected chi connectivity index (χ1v) is 4.81. The van der Waals surface area contributed by atoms with Gasteiger partial charge in [-0.1, -0.05) is 17.4 Å². The highest BCUT2D eigenvalue weighted by molar-refractivity contribution is 7.17. The molecule has 0 unspecified atom stereocenters. The molecule has 2 aromatic rings. The summed E-state index contributed by atoms with van der Waals surface area (Å²) in [5.41, 5.74) is 5.41. The number of nitrogen functional groups attached to an aromatic ring is 1. The minimum absolute atomic E-state index is 0.178. The molecule has 0 aliphatic rings. The fourth-order valence-corrected chi connectivity index (χ4v) is 1.52. The van der Waals surface area contributed by atoms with Gasteiger partial charge in [0.25, 0.3) is 5.19 Å². The Morgan fingerprint density at radius 3 is 2.80 bits per heavy atom. The molecule has 1 aromatic heterocycles. The number of hydrogen-bond donors (Lipinski definition) is 1. The maximum absolute atomic E-state index is 13.1. The topological polar surface area (TPSA) is 48.1 Å². The van der Waals surface area contributed by atoms with Crippen LogP contribution >= 0.6 is 11.3 Å². The third-order valence-corrected chi connectivity index (χ3v) is 2.32. The standard InChI is InChI=1S/C9H6F2N2OS/c10-5-2-1-3-6(8(5)11)14-9-13-4-7(12)15-9/h1-4H,12H2. The minimum Gasteiger partial charge on any atom is -0.428 e. The van der Waals surface area contributed by atoms with Gasteiger partial charge >= 0.3 is 0 Å². The Labute approximate surface area is 88.1 Å². The second-order valence-electron chi connectivity index (χ2n) is 2.68. The summed E-state index contributed by atoms with van der Waals surface area (Å²) in [6.45, 7) is 0. The molecule has 0 atom stereocenters. The van der Waals surface area contributed by atoms with Crippen LogP contribution in [-0.2, 0) is 0 Å². The summed E-state index contributed by atoms with van der Waals surface area (Å²) in [7, 11) is 0. The van der Waals surface area contributed by atoms with E-state index in [9.17, 15) is 8.78 Å². The third kappa shape index (κ3) is 2.04. The van der Waals surface area contributed by atoms with Crippen LogP contribution < -0.4 is 10.5 Å². The molecule has 2 N–H and O–H groups in total. The van der Waals surface area contributed by atoms with Crippen molar-refractivity contribution in [3.05, 3.63) is 36.0 Å². The molecule has 0 radical (unpaired) electrons. The van der Waals surface area contributed by atoms with Crippen molar-refractivity contribution in [1.29, 1.82) is 0 Å². The van der Waals surface area contributed by atoms with Gasteiger partial charge in [0.15, 0.2) is 11.6 Å². The van der Waals surface area contributed by atoms with E-state index < -0.39 is 11.6 Å². The van der Waals surface area contributed by atoms with Crippen LogP contribution in [0.2, 0.25) is 0 Å². The molecule has 0 fully saturated rings. The Morgan fingerprint density at radius 1 is 1.33 bits per heavy atom. The number of ether oxygens (including phenoxy) is 1. The molecular formula is C9H6F2N2OS. The van der Waals surface area contributed by atoms with Crippen molar-refractivity contribution in [2.45, 2.75) is 0 Å². The van der Waals surface area contributed by atoms with Crippen LogP contribution in [0.3, 0.4) is 0 Å². The Hall–Kier alpha value is -1.69. The van der Waals surface area contributed by atoms with Crippen LogP contribution in [0.15, 0.2) is 24.4 Å². The molecule has 0 amide bonds. The van der Waals surface area contributed by atoms with Crippen molar-refractivity contribution < 1.29 is 13.5 Å². The molecule has 6 heteroatoms. The van der Waals surface area contributed by atoms with Crippen LogP contribution in [0.4, 0.5) is 13.8 Å². The van der Waals surface area contributed by atoms with Crippen LogP contribution in [0.5, 0.6) is 10.9 Å². The van der Waals surface area contributed by atoms with Gasteiger partial charge in [-0.25, -0.2) is 9.37 Å². The molecule has 2 rings (SSSR count). The molecule has 0 saturated heterocycles. The van der Waals surface area contributed by atoms with Crippen molar-refractivity contribution in [1.82, 2.24) is 4.98 Å². The highest BCUT2D eigenvalue weighted by Gasteiger charge is 2.11. The fraction of sp³-hybridized carbons (Fsp3) is 0. The van der Waals surface area contributed by atoms with Gasteiger partial charge in [-0.15, -0.1) is 0 Å². The summed E-state index contributed by atoms with van der Waals surface area (Å²) < 4.78 is 31.0. The van der Waals surface area contributed by atoms with Crippen molar-refractivity contribution in [3.8, 4) is 10.9 Å². The van der Waals surface area contributed by atoms with Gasteiger partial charge in [-0.3, -0.25) is 0 Å². The maximum Gasteiger partial charge on any atom is 0.280 e. The van der Waals surface area contributed by atoms with Crippen LogP contribution in [0, 0.1) is 11.6 Å². The maximum atomic E-state index is 13.1. The quantitative estimate of drug-likeness (QED) is 0.859. The molecule has 15 heavy (non-hydrogen) atoms. The number of thiazole rings is 1. The molecule has 0 aliphatic heterocycles. The van der Waals surface area contributed by atoms with E-state index >= 15 is 0 Å². The fourth-order valence-electron chi connectivity index (χ4n) is 0.974. The Bertz CT molecular complexity index is 487. The molecule has 3 nitrogen and oxygen atoms in total. The lowest BCUT2D eigenvalue weighted by Gasteiger charge is -2.02. The first-order valence-electron chi connectivity index (χ1n) is 4.00. The minimum atomic E-state index is -1.04. The number of benzene rings is 1. The highest BCUT2D eigenvalue weighted by Crippen LogP contribution is 2.29. The number of halogens is 2. The average Bonchev–Trinajstić information content (AvgIpc) is 2.59. The molecule has 1 heterocycles. The Balaban J connectivity index is 2.28. The van der Waals surface area contributed by atoms with E-state index in [0.29, 0.717) is 5.00 Å². The third-order valence-electron chi connectivity index (χ3n) is 1.62. The molecule has 1 aromatic carbocycles. The monoisotopic (exact) mass is 228 g/mol. The Morgan fingerprint density at radius 2 is 2.13 bits per heavy atom. The summed E-state index contributed by atoms with van der Waals surface area (Å²) in [4.78, 5) is 3.76. The van der Waals surface area contributed by atoms with E-state index in [1.165, 1.54) is 18.3 Å². The molecule has 78 valence electrons. The number of anilines is 1. The predicted octanol–water partition coefficient (Wildman–Crippen LogP) is 2.80. The summed E-state index contributed by atoms with van der Waals surface area (Å²) in [5, 5.41) is 0.624. The number of nitrogens with zero attached hydrogens (tertiary/aromatic N) is 1. The van der Waals surface area contributed by atoms with Gasteiger partial charge in [0, 0.05) is 0 Å². The second-order valence-corrected chi connectivity index (χ2v) is 3.71. The Kier molecular flexibility index (Phi) is 2.51. The van der Waals surface area contributed by atoms with Crippen LogP contribution in [-0.4, -0.2) is 4.98 Å².